The molecule has 1 N–H and O–H groups in total. The molecular formula is C28H28N2O3. The third kappa shape index (κ3) is 6.02. The van der Waals surface area contributed by atoms with Gasteiger partial charge in [0.25, 0.3) is 5.91 Å². The van der Waals surface area contributed by atoms with Gasteiger partial charge in [-0.15, -0.1) is 0 Å². The topological polar surface area (TPSA) is 71.3 Å². The van der Waals surface area contributed by atoms with Crippen LogP contribution in [0.3, 0.4) is 0 Å². The smallest absolute Gasteiger partial charge is 0.266 e. The Bertz CT molecular complexity index is 1250. The van der Waals surface area contributed by atoms with Crippen LogP contribution in [0.5, 0.6) is 11.5 Å². The SMILES string of the molecule is COc1ccc(/C=C(\C#N)C(=O)Nc2ccc(C)cc2C)c(OCc2ccc(C)c(C)c2)c1. The van der Waals surface area contributed by atoms with Gasteiger partial charge >= 0.3 is 0 Å². The van der Waals surface area contributed by atoms with Crippen molar-refractivity contribution in [1.29, 1.82) is 5.26 Å². The maximum Gasteiger partial charge on any atom is 0.266 e. The Kier molecular flexibility index (Phi) is 7.53. The number of nitriles is 1. The van der Waals surface area contributed by atoms with E-state index < -0.39 is 5.91 Å². The molecule has 0 spiro atoms. The Labute approximate surface area is 195 Å². The number of nitrogens with one attached hydrogen (secondary N) is 1. The van der Waals surface area contributed by atoms with E-state index in [9.17, 15) is 10.1 Å². The summed E-state index contributed by atoms with van der Waals surface area (Å²) in [7, 11) is 1.58. The van der Waals surface area contributed by atoms with Gasteiger partial charge in [-0.05, 0) is 74.2 Å². The summed E-state index contributed by atoms with van der Waals surface area (Å²) in [4.78, 5) is 12.8. The van der Waals surface area contributed by atoms with Crippen molar-refractivity contribution in [2.24, 2.45) is 0 Å². The summed E-state index contributed by atoms with van der Waals surface area (Å²) in [6.07, 6.45) is 1.54. The number of nitrogens with zero attached hydrogens (tertiary/aromatic N) is 1. The van der Waals surface area contributed by atoms with Gasteiger partial charge in [0, 0.05) is 17.3 Å². The summed E-state index contributed by atoms with van der Waals surface area (Å²) in [6, 6.07) is 19.2. The molecule has 5 heteroatoms. The molecule has 0 unspecified atom stereocenters. The van der Waals surface area contributed by atoms with E-state index in [4.69, 9.17) is 9.47 Å². The molecule has 168 valence electrons. The van der Waals surface area contributed by atoms with Crippen molar-refractivity contribution >= 4 is 17.7 Å². The monoisotopic (exact) mass is 440 g/mol. The maximum atomic E-state index is 12.8. The van der Waals surface area contributed by atoms with Crippen LogP contribution < -0.4 is 14.8 Å². The van der Waals surface area contributed by atoms with Gasteiger partial charge in [0.2, 0.25) is 0 Å². The molecule has 5 nitrogen and oxygen atoms in total. The highest BCUT2D eigenvalue weighted by molar-refractivity contribution is 6.10. The van der Waals surface area contributed by atoms with Gasteiger partial charge in [-0.2, -0.15) is 5.26 Å². The second kappa shape index (κ2) is 10.5. The lowest BCUT2D eigenvalue weighted by atomic mass is 10.1. The summed E-state index contributed by atoms with van der Waals surface area (Å²) in [6.45, 7) is 8.39. The molecule has 0 aliphatic heterocycles. The lowest BCUT2D eigenvalue weighted by Gasteiger charge is -2.13. The first-order valence-electron chi connectivity index (χ1n) is 10.7. The van der Waals surface area contributed by atoms with E-state index in [2.05, 4.69) is 31.3 Å². The predicted molar refractivity (Wildman–Crippen MR) is 131 cm³/mol. The minimum Gasteiger partial charge on any atom is -0.497 e. The molecule has 1 amide bonds. The van der Waals surface area contributed by atoms with Crippen LogP contribution in [-0.2, 0) is 11.4 Å². The van der Waals surface area contributed by atoms with Crippen molar-refractivity contribution < 1.29 is 14.3 Å². The number of methoxy groups -OCH3 is 1. The molecule has 0 radical (unpaired) electrons. The number of benzene rings is 3. The summed E-state index contributed by atoms with van der Waals surface area (Å²) < 4.78 is 11.4. The summed E-state index contributed by atoms with van der Waals surface area (Å²) in [5.74, 6) is 0.681. The Morgan fingerprint density at radius 1 is 0.970 bits per heavy atom. The molecule has 0 aliphatic rings. The number of amides is 1. The Balaban J connectivity index is 1.87. The van der Waals surface area contributed by atoms with Crippen molar-refractivity contribution in [2.45, 2.75) is 34.3 Å². The Morgan fingerprint density at radius 3 is 2.42 bits per heavy atom. The zero-order valence-electron chi connectivity index (χ0n) is 19.7. The highest BCUT2D eigenvalue weighted by Gasteiger charge is 2.13. The van der Waals surface area contributed by atoms with Crippen molar-refractivity contribution in [3.8, 4) is 17.6 Å². The molecular weight excluding hydrogens is 412 g/mol. The van der Waals surface area contributed by atoms with Gasteiger partial charge in [-0.25, -0.2) is 0 Å². The van der Waals surface area contributed by atoms with Crippen LogP contribution in [-0.4, -0.2) is 13.0 Å². The van der Waals surface area contributed by atoms with Gasteiger partial charge < -0.3 is 14.8 Å². The molecule has 3 rings (SSSR count). The first-order valence-corrected chi connectivity index (χ1v) is 10.7. The number of carbonyl (C=O) groups is 1. The van der Waals surface area contributed by atoms with Crippen LogP contribution in [0.1, 0.15) is 33.4 Å². The van der Waals surface area contributed by atoms with Gasteiger partial charge in [0.05, 0.1) is 7.11 Å². The molecule has 0 aliphatic carbocycles. The number of anilines is 1. The summed E-state index contributed by atoms with van der Waals surface area (Å²) in [5.41, 5.74) is 6.75. The van der Waals surface area contributed by atoms with E-state index in [1.54, 1.807) is 25.3 Å². The predicted octanol–water partition coefficient (Wildman–Crippen LogP) is 6.05. The van der Waals surface area contributed by atoms with E-state index in [-0.39, 0.29) is 5.57 Å². The molecule has 0 fully saturated rings. The molecule has 33 heavy (non-hydrogen) atoms. The quantitative estimate of drug-likeness (QED) is 0.358. The average molecular weight is 441 g/mol. The molecule has 0 aromatic heterocycles. The third-order valence-electron chi connectivity index (χ3n) is 5.48. The van der Waals surface area contributed by atoms with Crippen LogP contribution in [0.4, 0.5) is 5.69 Å². The highest BCUT2D eigenvalue weighted by Crippen LogP contribution is 2.28. The Morgan fingerprint density at radius 2 is 1.76 bits per heavy atom. The van der Waals surface area contributed by atoms with Crippen LogP contribution in [0.15, 0.2) is 60.2 Å². The van der Waals surface area contributed by atoms with Gasteiger partial charge in [0.1, 0.15) is 29.7 Å². The minimum atomic E-state index is -0.472. The fourth-order valence-electron chi connectivity index (χ4n) is 3.39. The number of ether oxygens (including phenoxy) is 2. The van der Waals surface area contributed by atoms with Crippen LogP contribution in [0, 0.1) is 39.0 Å². The molecule has 3 aromatic carbocycles. The molecule has 0 bridgehead atoms. The summed E-state index contributed by atoms with van der Waals surface area (Å²) in [5, 5.41) is 12.5. The maximum absolute atomic E-state index is 12.8. The van der Waals surface area contributed by atoms with E-state index >= 15 is 0 Å². The lowest BCUT2D eigenvalue weighted by Crippen LogP contribution is -2.14. The fraction of sp³-hybridized carbons (Fsp3) is 0.214. The van der Waals surface area contributed by atoms with Gasteiger partial charge in [-0.3, -0.25) is 4.79 Å². The lowest BCUT2D eigenvalue weighted by molar-refractivity contribution is -0.112. The number of hydrogen-bond donors (Lipinski definition) is 1. The Hall–Kier alpha value is -4.04. The van der Waals surface area contributed by atoms with Crippen LogP contribution in [0.25, 0.3) is 6.08 Å². The van der Waals surface area contributed by atoms with Crippen molar-refractivity contribution in [2.75, 3.05) is 12.4 Å². The minimum absolute atomic E-state index is 0.0174. The second-order valence-electron chi connectivity index (χ2n) is 8.05. The first-order chi connectivity index (χ1) is 15.8. The van der Waals surface area contributed by atoms with Crippen LogP contribution >= 0.6 is 0 Å². The second-order valence-corrected chi connectivity index (χ2v) is 8.05. The third-order valence-corrected chi connectivity index (χ3v) is 5.48. The zero-order chi connectivity index (χ0) is 24.0. The van der Waals surface area contributed by atoms with Crippen molar-refractivity contribution in [1.82, 2.24) is 0 Å². The number of carbonyl (C=O) groups excluding carboxylic acids is 1. The highest BCUT2D eigenvalue weighted by atomic mass is 16.5. The van der Waals surface area contributed by atoms with Gasteiger partial charge in [0.15, 0.2) is 0 Å². The van der Waals surface area contributed by atoms with Crippen molar-refractivity contribution in [3.63, 3.8) is 0 Å². The number of hydrogen-bond acceptors (Lipinski definition) is 4. The molecule has 3 aromatic rings. The average Bonchev–Trinajstić information content (AvgIpc) is 2.80. The normalized spacial score (nSPS) is 11.0. The fourth-order valence-corrected chi connectivity index (χ4v) is 3.39. The van der Waals surface area contributed by atoms with Crippen molar-refractivity contribution in [3.05, 3.63) is 93.6 Å². The zero-order valence-corrected chi connectivity index (χ0v) is 19.7. The van der Waals surface area contributed by atoms with E-state index in [1.165, 1.54) is 17.2 Å². The number of rotatable bonds is 7. The summed E-state index contributed by atoms with van der Waals surface area (Å²) >= 11 is 0. The van der Waals surface area contributed by atoms with Crippen LogP contribution in [0.2, 0.25) is 0 Å². The molecule has 0 atom stereocenters. The number of aryl methyl sites for hydroxylation is 4. The largest absolute Gasteiger partial charge is 0.497 e. The first kappa shape index (κ1) is 23.6. The molecule has 0 saturated carbocycles. The molecule has 0 heterocycles. The van der Waals surface area contributed by atoms with Gasteiger partial charge in [-0.1, -0.05) is 35.9 Å². The van der Waals surface area contributed by atoms with E-state index in [0.717, 1.165) is 16.7 Å². The standard InChI is InChI=1S/C28H28N2O3/c1-18-6-11-26(21(4)12-18)30-28(31)24(16-29)14-23-9-10-25(32-5)15-27(23)33-17-22-8-7-19(2)20(3)13-22/h6-15H,17H2,1-5H3,(H,30,31)/b24-14+. The van der Waals surface area contributed by atoms with E-state index in [1.807, 2.05) is 44.2 Å². The van der Waals surface area contributed by atoms with E-state index in [0.29, 0.717) is 29.4 Å². The molecule has 0 saturated heterocycles.